The molecule has 0 aliphatic rings. The van der Waals surface area contributed by atoms with Gasteiger partial charge < -0.3 is 0 Å². The fourth-order valence-electron chi connectivity index (χ4n) is 2.64. The predicted octanol–water partition coefficient (Wildman–Crippen LogP) is 4.95. The van der Waals surface area contributed by atoms with Gasteiger partial charge in [-0.3, -0.25) is 9.55 Å². The van der Waals surface area contributed by atoms with Gasteiger partial charge in [-0.25, -0.2) is 0 Å². The first-order valence-corrected chi connectivity index (χ1v) is 9.07. The van der Waals surface area contributed by atoms with Crippen LogP contribution in [-0.4, -0.2) is 25.0 Å². The Balaban J connectivity index is 2.23. The van der Waals surface area contributed by atoms with Crippen LogP contribution in [0, 0.1) is 0 Å². The normalized spacial score (nSPS) is 11.4. The van der Waals surface area contributed by atoms with Gasteiger partial charge in [-0.2, -0.15) is 0 Å². The van der Waals surface area contributed by atoms with Crippen LogP contribution in [0.3, 0.4) is 0 Å². The lowest BCUT2D eigenvalue weighted by molar-refractivity contribution is 0.817. The maximum atomic E-state index is 4.47. The molecule has 0 amide bonds. The average Bonchev–Trinajstić information content (AvgIpc) is 2.98. The van der Waals surface area contributed by atoms with Crippen molar-refractivity contribution in [3.63, 3.8) is 0 Å². The Kier molecular flexibility index (Phi) is 5.00. The van der Waals surface area contributed by atoms with Crippen molar-refractivity contribution in [1.29, 1.82) is 0 Å². The monoisotopic (exact) mass is 338 g/mol. The number of hydrogen-bond donors (Lipinski definition) is 0. The van der Waals surface area contributed by atoms with Gasteiger partial charge in [0.05, 0.1) is 5.69 Å². The summed E-state index contributed by atoms with van der Waals surface area (Å²) in [5.41, 5.74) is 3.40. The quantitative estimate of drug-likeness (QED) is 0.617. The number of benzene rings is 1. The van der Waals surface area contributed by atoms with Crippen LogP contribution in [0.25, 0.3) is 17.1 Å². The van der Waals surface area contributed by atoms with E-state index < -0.39 is 0 Å². The molecule has 3 aromatic rings. The number of hydrogen-bond acceptors (Lipinski definition) is 4. The second kappa shape index (κ2) is 7.18. The van der Waals surface area contributed by atoms with Crippen molar-refractivity contribution in [2.75, 3.05) is 0 Å². The van der Waals surface area contributed by atoms with Crippen molar-refractivity contribution in [3.8, 4) is 17.1 Å². The first-order chi connectivity index (χ1) is 11.6. The minimum absolute atomic E-state index is 0.419. The van der Waals surface area contributed by atoms with Gasteiger partial charge in [0, 0.05) is 23.2 Å². The Bertz CT molecular complexity index is 809. The Morgan fingerprint density at radius 1 is 0.958 bits per heavy atom. The Morgan fingerprint density at radius 3 is 2.42 bits per heavy atom. The Morgan fingerprint density at radius 2 is 1.75 bits per heavy atom. The lowest BCUT2D eigenvalue weighted by Crippen LogP contribution is -2.05. The van der Waals surface area contributed by atoms with Gasteiger partial charge in [-0.15, -0.1) is 10.2 Å². The summed E-state index contributed by atoms with van der Waals surface area (Å²) >= 11 is 1.72. The number of pyridine rings is 1. The maximum Gasteiger partial charge on any atom is 0.196 e. The molecular formula is C19H22N4S. The van der Waals surface area contributed by atoms with Crippen molar-refractivity contribution in [2.45, 2.75) is 44.0 Å². The number of para-hydroxylation sites is 1. The van der Waals surface area contributed by atoms with Gasteiger partial charge in [0.15, 0.2) is 11.0 Å². The van der Waals surface area contributed by atoms with E-state index in [2.05, 4.69) is 71.7 Å². The van der Waals surface area contributed by atoms with E-state index in [1.807, 2.05) is 18.3 Å². The highest BCUT2D eigenvalue weighted by molar-refractivity contribution is 7.99. The summed E-state index contributed by atoms with van der Waals surface area (Å²) in [4.78, 5) is 4.24. The third-order valence-corrected chi connectivity index (χ3v) is 4.64. The van der Waals surface area contributed by atoms with Crippen LogP contribution in [0.15, 0.2) is 53.9 Å². The zero-order valence-electron chi connectivity index (χ0n) is 14.5. The molecule has 124 valence electrons. The van der Waals surface area contributed by atoms with Crippen molar-refractivity contribution in [2.24, 2.45) is 0 Å². The first kappa shape index (κ1) is 16.7. The molecule has 0 aliphatic heterocycles. The molecule has 0 saturated carbocycles. The molecule has 3 rings (SSSR count). The van der Waals surface area contributed by atoms with Crippen LogP contribution in [0.5, 0.6) is 0 Å². The van der Waals surface area contributed by atoms with E-state index in [1.54, 1.807) is 18.0 Å². The summed E-state index contributed by atoms with van der Waals surface area (Å²) in [6.45, 7) is 8.76. The highest BCUT2D eigenvalue weighted by atomic mass is 32.2. The van der Waals surface area contributed by atoms with Crippen LogP contribution in [0.1, 0.15) is 39.2 Å². The molecule has 0 fully saturated rings. The summed E-state index contributed by atoms with van der Waals surface area (Å²) in [6.07, 6.45) is 3.61. The van der Waals surface area contributed by atoms with E-state index in [1.165, 1.54) is 5.56 Å². The SMILES string of the molecule is CC(C)Sc1nnc(-c2cccnc2)n1-c1ccccc1C(C)C. The summed E-state index contributed by atoms with van der Waals surface area (Å²) in [6, 6.07) is 12.4. The van der Waals surface area contributed by atoms with E-state index in [9.17, 15) is 0 Å². The van der Waals surface area contributed by atoms with Gasteiger partial charge in [0.25, 0.3) is 0 Å². The predicted molar refractivity (Wildman–Crippen MR) is 99.7 cm³/mol. The molecule has 0 saturated heterocycles. The lowest BCUT2D eigenvalue weighted by Gasteiger charge is -2.17. The molecule has 2 heterocycles. The highest BCUT2D eigenvalue weighted by Gasteiger charge is 2.20. The summed E-state index contributed by atoms with van der Waals surface area (Å²) in [7, 11) is 0. The van der Waals surface area contributed by atoms with Crippen molar-refractivity contribution < 1.29 is 0 Å². The molecule has 0 bridgehead atoms. The molecule has 0 spiro atoms. The van der Waals surface area contributed by atoms with Gasteiger partial charge in [0.2, 0.25) is 0 Å². The second-order valence-electron chi connectivity index (χ2n) is 6.26. The first-order valence-electron chi connectivity index (χ1n) is 8.19. The molecule has 4 nitrogen and oxygen atoms in total. The molecule has 0 unspecified atom stereocenters. The molecule has 0 aliphatic carbocycles. The van der Waals surface area contributed by atoms with E-state index in [4.69, 9.17) is 0 Å². The molecule has 0 atom stereocenters. The van der Waals surface area contributed by atoms with Crippen LogP contribution < -0.4 is 0 Å². The number of aromatic nitrogens is 4. The summed E-state index contributed by atoms with van der Waals surface area (Å²) in [5.74, 6) is 1.25. The van der Waals surface area contributed by atoms with Gasteiger partial charge >= 0.3 is 0 Å². The standard InChI is InChI=1S/C19H22N4S/c1-13(2)16-9-5-6-10-17(16)23-18(15-8-7-11-20-12-15)21-22-19(23)24-14(3)4/h5-14H,1-4H3. The third-order valence-electron chi connectivity index (χ3n) is 3.69. The zero-order valence-corrected chi connectivity index (χ0v) is 15.3. The van der Waals surface area contributed by atoms with Crippen LogP contribution in [0.2, 0.25) is 0 Å². The van der Waals surface area contributed by atoms with Crippen molar-refractivity contribution in [1.82, 2.24) is 19.7 Å². The fraction of sp³-hybridized carbons (Fsp3) is 0.316. The number of thioether (sulfide) groups is 1. The van der Waals surface area contributed by atoms with E-state index >= 15 is 0 Å². The number of rotatable bonds is 5. The summed E-state index contributed by atoms with van der Waals surface area (Å²) < 4.78 is 2.16. The van der Waals surface area contributed by atoms with Crippen molar-refractivity contribution >= 4 is 11.8 Å². The van der Waals surface area contributed by atoms with Gasteiger partial charge in [-0.05, 0) is 29.7 Å². The molecule has 0 N–H and O–H groups in total. The second-order valence-corrected chi connectivity index (χ2v) is 7.81. The molecule has 1 aromatic carbocycles. The summed E-state index contributed by atoms with van der Waals surface area (Å²) in [5, 5.41) is 10.3. The van der Waals surface area contributed by atoms with E-state index in [0.29, 0.717) is 11.2 Å². The smallest absolute Gasteiger partial charge is 0.196 e. The minimum Gasteiger partial charge on any atom is -0.270 e. The molecule has 2 aromatic heterocycles. The van der Waals surface area contributed by atoms with Crippen LogP contribution >= 0.6 is 11.8 Å². The Hall–Kier alpha value is -2.14. The van der Waals surface area contributed by atoms with Gasteiger partial charge in [0.1, 0.15) is 0 Å². The fourth-order valence-corrected chi connectivity index (χ4v) is 3.44. The Labute approximate surface area is 147 Å². The highest BCUT2D eigenvalue weighted by Crippen LogP contribution is 2.33. The minimum atomic E-state index is 0.419. The van der Waals surface area contributed by atoms with Crippen molar-refractivity contribution in [3.05, 3.63) is 54.4 Å². The molecule has 0 radical (unpaired) electrons. The van der Waals surface area contributed by atoms with E-state index in [0.717, 1.165) is 22.2 Å². The zero-order chi connectivity index (χ0) is 17.1. The largest absolute Gasteiger partial charge is 0.270 e. The lowest BCUT2D eigenvalue weighted by atomic mass is 10.0. The van der Waals surface area contributed by atoms with Crippen LogP contribution in [0.4, 0.5) is 0 Å². The average molecular weight is 338 g/mol. The molecule has 5 heteroatoms. The number of nitrogens with zero attached hydrogens (tertiary/aromatic N) is 4. The van der Waals surface area contributed by atoms with Gasteiger partial charge in [-0.1, -0.05) is 57.7 Å². The van der Waals surface area contributed by atoms with E-state index in [-0.39, 0.29) is 0 Å². The molecule has 24 heavy (non-hydrogen) atoms. The maximum absolute atomic E-state index is 4.47. The van der Waals surface area contributed by atoms with Crippen LogP contribution in [-0.2, 0) is 0 Å². The topological polar surface area (TPSA) is 43.6 Å². The third kappa shape index (κ3) is 3.36. The molecular weight excluding hydrogens is 316 g/mol.